The number of rotatable bonds is 3. The van der Waals surface area contributed by atoms with Crippen LogP contribution in [0.15, 0.2) is 24.3 Å². The van der Waals surface area contributed by atoms with Gasteiger partial charge in [0.2, 0.25) is 0 Å². The largest absolute Gasteiger partial charge is 0.365 e. The van der Waals surface area contributed by atoms with Gasteiger partial charge >= 0.3 is 0 Å². The maximum absolute atomic E-state index is 12.6. The third-order valence-corrected chi connectivity index (χ3v) is 4.66. The van der Waals surface area contributed by atoms with Crippen LogP contribution in [0.3, 0.4) is 0 Å². The van der Waals surface area contributed by atoms with E-state index in [2.05, 4.69) is 5.32 Å². The zero-order chi connectivity index (χ0) is 14.2. The Bertz CT molecular complexity index is 519. The zero-order valence-corrected chi connectivity index (χ0v) is 12.5. The molecule has 3 rings (SSSR count). The number of carbonyl (C=O) groups is 1. The summed E-state index contributed by atoms with van der Waals surface area (Å²) in [6, 6.07) is 7.76. The van der Waals surface area contributed by atoms with Gasteiger partial charge in [0, 0.05) is 11.6 Å². The Morgan fingerprint density at radius 3 is 2.70 bits per heavy atom. The Kier molecular flexibility index (Phi) is 3.51. The second kappa shape index (κ2) is 5.05. The molecule has 0 unspecified atom stereocenters. The molecular formula is C16H20ClNO2. The van der Waals surface area contributed by atoms with Crippen LogP contribution in [0.2, 0.25) is 5.02 Å². The van der Waals surface area contributed by atoms with Gasteiger partial charge in [0.05, 0.1) is 5.54 Å². The number of halogens is 1. The number of hydrogen-bond acceptors (Lipinski definition) is 2. The lowest BCUT2D eigenvalue weighted by Crippen LogP contribution is -2.51. The van der Waals surface area contributed by atoms with Gasteiger partial charge in [-0.05, 0) is 56.7 Å². The minimum atomic E-state index is -0.674. The molecule has 1 aromatic rings. The molecule has 0 radical (unpaired) electrons. The molecule has 1 amide bonds. The van der Waals surface area contributed by atoms with Gasteiger partial charge in [-0.25, -0.2) is 0 Å². The molecule has 1 saturated carbocycles. The van der Waals surface area contributed by atoms with E-state index in [1.54, 1.807) is 0 Å². The summed E-state index contributed by atoms with van der Waals surface area (Å²) < 4.78 is 5.72. The van der Waals surface area contributed by atoms with Crippen molar-refractivity contribution in [2.24, 2.45) is 0 Å². The first-order valence-electron chi connectivity index (χ1n) is 7.27. The average molecular weight is 294 g/mol. The highest BCUT2D eigenvalue weighted by atomic mass is 35.5. The Hall–Kier alpha value is -1.06. The SMILES string of the molecule is C[C@@]1(C(=O)NC2(c3cccc(Cl)c3)CC2)CCCCO1. The van der Waals surface area contributed by atoms with E-state index >= 15 is 0 Å². The molecule has 1 N–H and O–H groups in total. The van der Waals surface area contributed by atoms with Crippen LogP contribution in [0.1, 0.15) is 44.6 Å². The molecule has 1 aliphatic heterocycles. The molecule has 108 valence electrons. The van der Waals surface area contributed by atoms with Crippen LogP contribution in [-0.4, -0.2) is 18.1 Å². The number of nitrogens with one attached hydrogen (secondary N) is 1. The minimum absolute atomic E-state index is 0.00896. The average Bonchev–Trinajstić information content (AvgIpc) is 3.20. The van der Waals surface area contributed by atoms with Crippen molar-refractivity contribution in [2.75, 3.05) is 6.61 Å². The van der Waals surface area contributed by atoms with E-state index in [9.17, 15) is 4.79 Å². The first kappa shape index (κ1) is 13.9. The van der Waals surface area contributed by atoms with Crippen LogP contribution >= 0.6 is 11.6 Å². The monoisotopic (exact) mass is 293 g/mol. The Morgan fingerprint density at radius 1 is 1.30 bits per heavy atom. The highest BCUT2D eigenvalue weighted by Crippen LogP contribution is 2.46. The van der Waals surface area contributed by atoms with Crippen molar-refractivity contribution < 1.29 is 9.53 Å². The van der Waals surface area contributed by atoms with E-state index in [4.69, 9.17) is 16.3 Å². The number of hydrogen-bond donors (Lipinski definition) is 1. The lowest BCUT2D eigenvalue weighted by molar-refractivity contribution is -0.151. The predicted octanol–water partition coefficient (Wildman–Crippen LogP) is 3.40. The van der Waals surface area contributed by atoms with E-state index in [1.165, 1.54) is 0 Å². The van der Waals surface area contributed by atoms with Crippen LogP contribution in [-0.2, 0) is 15.1 Å². The molecule has 1 saturated heterocycles. The predicted molar refractivity (Wildman–Crippen MR) is 78.7 cm³/mol. The molecule has 20 heavy (non-hydrogen) atoms. The van der Waals surface area contributed by atoms with Gasteiger partial charge in [0.25, 0.3) is 5.91 Å². The summed E-state index contributed by atoms with van der Waals surface area (Å²) in [6.45, 7) is 2.57. The van der Waals surface area contributed by atoms with Crippen molar-refractivity contribution in [3.63, 3.8) is 0 Å². The fourth-order valence-corrected chi connectivity index (χ4v) is 3.05. The molecule has 2 fully saturated rings. The number of carbonyl (C=O) groups excluding carboxylic acids is 1. The summed E-state index contributed by atoms with van der Waals surface area (Å²) in [6.07, 6.45) is 4.82. The fraction of sp³-hybridized carbons (Fsp3) is 0.562. The van der Waals surface area contributed by atoms with Crippen molar-refractivity contribution in [1.29, 1.82) is 0 Å². The molecule has 1 aromatic carbocycles. The lowest BCUT2D eigenvalue weighted by Gasteiger charge is -2.34. The molecule has 1 aliphatic carbocycles. The van der Waals surface area contributed by atoms with Crippen LogP contribution in [0.4, 0.5) is 0 Å². The topological polar surface area (TPSA) is 38.3 Å². The van der Waals surface area contributed by atoms with E-state index < -0.39 is 5.60 Å². The number of ether oxygens (including phenoxy) is 1. The first-order valence-corrected chi connectivity index (χ1v) is 7.65. The normalized spacial score (nSPS) is 27.9. The van der Waals surface area contributed by atoms with Gasteiger partial charge in [-0.3, -0.25) is 4.79 Å². The summed E-state index contributed by atoms with van der Waals surface area (Å²) >= 11 is 6.05. The lowest BCUT2D eigenvalue weighted by atomic mass is 9.93. The van der Waals surface area contributed by atoms with Gasteiger partial charge < -0.3 is 10.1 Å². The zero-order valence-electron chi connectivity index (χ0n) is 11.7. The molecule has 0 aromatic heterocycles. The van der Waals surface area contributed by atoms with Gasteiger partial charge in [0.1, 0.15) is 5.60 Å². The van der Waals surface area contributed by atoms with Gasteiger partial charge in [-0.2, -0.15) is 0 Å². The molecule has 1 heterocycles. The first-order chi connectivity index (χ1) is 9.54. The minimum Gasteiger partial charge on any atom is -0.365 e. The van der Waals surface area contributed by atoms with Crippen molar-refractivity contribution in [1.82, 2.24) is 5.32 Å². The number of amides is 1. The fourth-order valence-electron chi connectivity index (χ4n) is 2.86. The van der Waals surface area contributed by atoms with E-state index in [0.717, 1.165) is 37.7 Å². The number of benzene rings is 1. The highest BCUT2D eigenvalue weighted by molar-refractivity contribution is 6.30. The summed E-state index contributed by atoms with van der Waals surface area (Å²) in [5.41, 5.74) is 0.191. The van der Waals surface area contributed by atoms with Crippen LogP contribution in [0.25, 0.3) is 0 Å². The molecule has 3 nitrogen and oxygen atoms in total. The van der Waals surface area contributed by atoms with Crippen molar-refractivity contribution in [3.8, 4) is 0 Å². The maximum atomic E-state index is 12.6. The quantitative estimate of drug-likeness (QED) is 0.927. The van der Waals surface area contributed by atoms with Crippen molar-refractivity contribution in [2.45, 2.75) is 50.2 Å². The summed E-state index contributed by atoms with van der Waals surface area (Å²) in [5.74, 6) is 0.00896. The summed E-state index contributed by atoms with van der Waals surface area (Å²) in [5, 5.41) is 3.91. The highest BCUT2D eigenvalue weighted by Gasteiger charge is 2.49. The molecule has 1 atom stereocenters. The maximum Gasteiger partial charge on any atom is 0.252 e. The molecule has 0 bridgehead atoms. The van der Waals surface area contributed by atoms with Crippen LogP contribution in [0, 0.1) is 0 Å². The molecule has 4 heteroatoms. The Balaban J connectivity index is 1.75. The van der Waals surface area contributed by atoms with Crippen molar-refractivity contribution in [3.05, 3.63) is 34.9 Å². The standard InChI is InChI=1S/C16H20ClNO2/c1-15(7-2-3-10-20-15)14(19)18-16(8-9-16)12-5-4-6-13(17)11-12/h4-6,11H,2-3,7-10H2,1H3,(H,18,19)/t15-/m0/s1. The van der Waals surface area contributed by atoms with Gasteiger partial charge in [0.15, 0.2) is 0 Å². The van der Waals surface area contributed by atoms with E-state index in [-0.39, 0.29) is 11.4 Å². The van der Waals surface area contributed by atoms with Crippen LogP contribution in [0.5, 0.6) is 0 Å². The third-order valence-electron chi connectivity index (χ3n) is 4.43. The Morgan fingerprint density at radius 2 is 2.10 bits per heavy atom. The van der Waals surface area contributed by atoms with E-state index in [0.29, 0.717) is 11.6 Å². The van der Waals surface area contributed by atoms with Gasteiger partial charge in [-0.15, -0.1) is 0 Å². The third kappa shape index (κ3) is 2.57. The summed E-state index contributed by atoms with van der Waals surface area (Å²) in [4.78, 5) is 12.6. The molecule has 2 aliphatic rings. The second-order valence-electron chi connectivity index (χ2n) is 6.08. The van der Waals surface area contributed by atoms with Crippen LogP contribution < -0.4 is 5.32 Å². The van der Waals surface area contributed by atoms with Crippen molar-refractivity contribution >= 4 is 17.5 Å². The second-order valence-corrected chi connectivity index (χ2v) is 6.52. The molecular weight excluding hydrogens is 274 g/mol. The Labute approximate surface area is 124 Å². The smallest absolute Gasteiger partial charge is 0.252 e. The van der Waals surface area contributed by atoms with E-state index in [1.807, 2.05) is 31.2 Å². The molecule has 0 spiro atoms. The summed E-state index contributed by atoms with van der Waals surface area (Å²) in [7, 11) is 0. The van der Waals surface area contributed by atoms with Gasteiger partial charge in [-0.1, -0.05) is 23.7 Å².